The highest BCUT2D eigenvalue weighted by molar-refractivity contribution is 5.85. The van der Waals surface area contributed by atoms with E-state index in [2.05, 4.69) is 63.1 Å². The number of hydrogen-bond donors (Lipinski definition) is 0. The Balaban J connectivity index is 2.02. The third-order valence-electron chi connectivity index (χ3n) is 6.28. The minimum absolute atomic E-state index is 0.373. The van der Waals surface area contributed by atoms with Gasteiger partial charge < -0.3 is 9.64 Å². The first-order valence-corrected chi connectivity index (χ1v) is 10.6. The molecule has 1 atom stereocenters. The molecule has 0 spiro atoms. The lowest BCUT2D eigenvalue weighted by Crippen LogP contribution is -2.43. The van der Waals surface area contributed by atoms with E-state index in [1.54, 1.807) is 7.11 Å². The first kappa shape index (κ1) is 19.9. The Morgan fingerprint density at radius 2 is 1.72 bits per heavy atom. The molecule has 1 unspecified atom stereocenters. The number of ether oxygens (including phenoxy) is 1. The number of methoxy groups -OCH3 is 1. The van der Waals surface area contributed by atoms with Crippen LogP contribution < -0.4 is 4.90 Å². The zero-order valence-electron chi connectivity index (χ0n) is 18.8. The van der Waals surface area contributed by atoms with Crippen LogP contribution in [0.25, 0.3) is 16.8 Å². The number of rotatable bonds is 4. The normalized spacial score (nSPS) is 16.5. The van der Waals surface area contributed by atoms with Crippen LogP contribution in [0.2, 0.25) is 0 Å². The Kier molecular flexibility index (Phi) is 5.11. The molecule has 0 fully saturated rings. The maximum atomic E-state index is 5.52. The Hall–Kier alpha value is -2.40. The quantitative estimate of drug-likeness (QED) is 0.644. The van der Waals surface area contributed by atoms with E-state index >= 15 is 0 Å². The van der Waals surface area contributed by atoms with Crippen LogP contribution in [0.15, 0.2) is 12.1 Å². The molecule has 0 radical (unpaired) electrons. The highest BCUT2D eigenvalue weighted by Crippen LogP contribution is 2.38. The lowest BCUT2D eigenvalue weighted by Gasteiger charge is -2.38. The fourth-order valence-corrected chi connectivity index (χ4v) is 5.15. The molecule has 3 heterocycles. The Bertz CT molecular complexity index is 1060. The van der Waals surface area contributed by atoms with E-state index in [9.17, 15) is 0 Å². The summed E-state index contributed by atoms with van der Waals surface area (Å²) in [5, 5.41) is 5.01. The zero-order chi connectivity index (χ0) is 20.9. The molecule has 0 aliphatic carbocycles. The lowest BCUT2D eigenvalue weighted by atomic mass is 9.93. The minimum atomic E-state index is 0.373. The fraction of sp³-hybridized carbons (Fsp3) is 0.500. The van der Waals surface area contributed by atoms with Crippen LogP contribution in [0.4, 0.5) is 5.82 Å². The van der Waals surface area contributed by atoms with Gasteiger partial charge in [0.1, 0.15) is 5.82 Å². The fourth-order valence-electron chi connectivity index (χ4n) is 5.15. The number of hydrogen-bond acceptors (Lipinski definition) is 4. The summed E-state index contributed by atoms with van der Waals surface area (Å²) in [6.07, 6.45) is 2.11. The molecule has 3 aromatic rings. The smallest absolute Gasteiger partial charge is 0.165 e. The van der Waals surface area contributed by atoms with Crippen molar-refractivity contribution in [1.29, 1.82) is 0 Å². The molecular weight excluding hydrogens is 360 g/mol. The van der Waals surface area contributed by atoms with Crippen molar-refractivity contribution in [2.24, 2.45) is 0 Å². The van der Waals surface area contributed by atoms with Crippen molar-refractivity contribution in [3.8, 4) is 11.1 Å². The summed E-state index contributed by atoms with van der Waals surface area (Å²) in [4.78, 5) is 7.53. The second kappa shape index (κ2) is 7.45. The number of nitrogens with zero attached hydrogens (tertiary/aromatic N) is 4. The number of likely N-dealkylation sites (N-methyl/N-ethyl adjacent to an activating group) is 1. The van der Waals surface area contributed by atoms with Gasteiger partial charge in [-0.15, -0.1) is 0 Å². The van der Waals surface area contributed by atoms with Crippen molar-refractivity contribution in [2.45, 2.75) is 60.4 Å². The monoisotopic (exact) mass is 392 g/mol. The Morgan fingerprint density at radius 1 is 1.03 bits per heavy atom. The largest absolute Gasteiger partial charge is 0.383 e. The van der Waals surface area contributed by atoms with Gasteiger partial charge in [0.15, 0.2) is 5.65 Å². The summed E-state index contributed by atoms with van der Waals surface area (Å²) in [7, 11) is 1.79. The van der Waals surface area contributed by atoms with Gasteiger partial charge in [-0.2, -0.15) is 9.61 Å². The number of aromatic nitrogens is 3. The van der Waals surface area contributed by atoms with Gasteiger partial charge in [0.05, 0.1) is 23.9 Å². The predicted octanol–water partition coefficient (Wildman–Crippen LogP) is 4.73. The molecule has 0 N–H and O–H groups in total. The van der Waals surface area contributed by atoms with Gasteiger partial charge in [0, 0.05) is 24.9 Å². The molecule has 5 heteroatoms. The van der Waals surface area contributed by atoms with Crippen LogP contribution in [0, 0.1) is 34.6 Å². The van der Waals surface area contributed by atoms with Gasteiger partial charge in [-0.1, -0.05) is 17.7 Å². The summed E-state index contributed by atoms with van der Waals surface area (Å²) in [6.45, 7) is 14.7. The summed E-state index contributed by atoms with van der Waals surface area (Å²) >= 11 is 0. The maximum Gasteiger partial charge on any atom is 0.165 e. The van der Waals surface area contributed by atoms with E-state index < -0.39 is 0 Å². The predicted molar refractivity (Wildman–Crippen MR) is 119 cm³/mol. The van der Waals surface area contributed by atoms with Crippen LogP contribution in [0.1, 0.15) is 47.0 Å². The molecule has 1 aromatic carbocycles. The second-order valence-corrected chi connectivity index (χ2v) is 8.40. The summed E-state index contributed by atoms with van der Waals surface area (Å²) in [6, 6.07) is 4.88. The molecule has 0 bridgehead atoms. The van der Waals surface area contributed by atoms with Crippen LogP contribution in [-0.2, 0) is 11.2 Å². The van der Waals surface area contributed by atoms with Gasteiger partial charge in [-0.3, -0.25) is 0 Å². The standard InChI is InChI=1S/C24H32N4O/c1-8-27-19(13-29-7)9-10-20-17(5)25-23-22(18(6)26-28(23)24(20)27)21-15(3)11-14(2)12-16(21)4/h11-12,19H,8-10,13H2,1-7H3. The van der Waals surface area contributed by atoms with Crippen molar-refractivity contribution in [3.63, 3.8) is 0 Å². The molecule has 154 valence electrons. The van der Waals surface area contributed by atoms with E-state index in [1.165, 1.54) is 33.6 Å². The highest BCUT2D eigenvalue weighted by Gasteiger charge is 2.31. The van der Waals surface area contributed by atoms with E-state index in [0.29, 0.717) is 6.04 Å². The maximum absolute atomic E-state index is 5.52. The van der Waals surface area contributed by atoms with E-state index in [-0.39, 0.29) is 0 Å². The number of benzene rings is 1. The first-order chi connectivity index (χ1) is 13.9. The van der Waals surface area contributed by atoms with Crippen LogP contribution in [0.3, 0.4) is 0 Å². The molecule has 29 heavy (non-hydrogen) atoms. The van der Waals surface area contributed by atoms with E-state index in [0.717, 1.165) is 48.6 Å². The molecule has 0 amide bonds. The average Bonchev–Trinajstić information content (AvgIpc) is 2.97. The Morgan fingerprint density at radius 3 is 2.34 bits per heavy atom. The molecule has 0 saturated carbocycles. The van der Waals surface area contributed by atoms with Crippen LogP contribution in [-0.4, -0.2) is 40.9 Å². The Labute approximate surface area is 173 Å². The molecule has 1 aliphatic rings. The van der Waals surface area contributed by atoms with Gasteiger partial charge in [0.25, 0.3) is 0 Å². The average molecular weight is 393 g/mol. The van der Waals surface area contributed by atoms with Gasteiger partial charge >= 0.3 is 0 Å². The van der Waals surface area contributed by atoms with Crippen LogP contribution in [0.5, 0.6) is 0 Å². The minimum Gasteiger partial charge on any atom is -0.383 e. The zero-order valence-corrected chi connectivity index (χ0v) is 18.8. The number of anilines is 1. The summed E-state index contributed by atoms with van der Waals surface area (Å²) in [5.41, 5.74) is 10.7. The molecule has 4 rings (SSSR count). The summed E-state index contributed by atoms with van der Waals surface area (Å²) < 4.78 is 7.62. The SMILES string of the molecule is CCN1c2c(c(C)nc3c(-c4c(C)cc(C)cc4C)c(C)nn23)CCC1COC. The molecule has 2 aromatic heterocycles. The van der Waals surface area contributed by atoms with Gasteiger partial charge in [0.2, 0.25) is 0 Å². The topological polar surface area (TPSA) is 42.7 Å². The highest BCUT2D eigenvalue weighted by atomic mass is 16.5. The van der Waals surface area contributed by atoms with Crippen LogP contribution >= 0.6 is 0 Å². The first-order valence-electron chi connectivity index (χ1n) is 10.6. The van der Waals surface area contributed by atoms with Gasteiger partial charge in [-0.05, 0) is 71.1 Å². The summed E-state index contributed by atoms with van der Waals surface area (Å²) in [5.74, 6) is 1.19. The van der Waals surface area contributed by atoms with Crippen molar-refractivity contribution in [3.05, 3.63) is 45.8 Å². The van der Waals surface area contributed by atoms with E-state index in [4.69, 9.17) is 14.8 Å². The molecule has 5 nitrogen and oxygen atoms in total. The van der Waals surface area contributed by atoms with Crippen molar-refractivity contribution in [1.82, 2.24) is 14.6 Å². The van der Waals surface area contributed by atoms with Crippen molar-refractivity contribution < 1.29 is 4.74 Å². The molecule has 1 aliphatic heterocycles. The lowest BCUT2D eigenvalue weighted by molar-refractivity contribution is 0.171. The number of fused-ring (bicyclic) bond motifs is 3. The third-order valence-corrected chi connectivity index (χ3v) is 6.28. The van der Waals surface area contributed by atoms with E-state index in [1.807, 2.05) is 0 Å². The third kappa shape index (κ3) is 3.12. The second-order valence-electron chi connectivity index (χ2n) is 8.40. The number of aryl methyl sites for hydroxylation is 5. The molecular formula is C24H32N4O. The van der Waals surface area contributed by atoms with Crippen molar-refractivity contribution >= 4 is 11.5 Å². The van der Waals surface area contributed by atoms with Crippen molar-refractivity contribution in [2.75, 3.05) is 25.2 Å². The molecule has 0 saturated heterocycles. The van der Waals surface area contributed by atoms with Gasteiger partial charge in [-0.25, -0.2) is 4.98 Å².